The smallest absolute Gasteiger partial charge is 0.330 e. The van der Waals surface area contributed by atoms with Gasteiger partial charge in [-0.3, -0.25) is 0 Å². The highest BCUT2D eigenvalue weighted by atomic mass is 16.5. The van der Waals surface area contributed by atoms with Gasteiger partial charge in [0.15, 0.2) is 0 Å². The number of hydrogen-bond acceptors (Lipinski definition) is 4. The van der Waals surface area contributed by atoms with Gasteiger partial charge in [0.25, 0.3) is 0 Å². The zero-order valence-electron chi connectivity index (χ0n) is 12.4. The number of esters is 1. The highest BCUT2D eigenvalue weighted by molar-refractivity contribution is 5.87. The Bertz CT molecular complexity index is 499. The molecule has 104 valence electrons. The van der Waals surface area contributed by atoms with Crippen molar-refractivity contribution < 1.29 is 14.3 Å². The number of ether oxygens (including phenoxy) is 2. The molecule has 1 rings (SSSR count). The van der Waals surface area contributed by atoms with Crippen molar-refractivity contribution in [2.24, 2.45) is 0 Å². The normalized spacial score (nSPS) is 11.7. The maximum absolute atomic E-state index is 11.2. The molecule has 1 heterocycles. The first-order valence-electron chi connectivity index (χ1n) is 6.11. The van der Waals surface area contributed by atoms with Crippen molar-refractivity contribution in [1.29, 1.82) is 0 Å². The Morgan fingerprint density at radius 3 is 2.42 bits per heavy atom. The number of nitrogens with zero attached hydrogens (tertiary/aromatic N) is 1. The molecule has 0 radical (unpaired) electrons. The maximum atomic E-state index is 11.2. The number of methoxy groups -OCH3 is 2. The van der Waals surface area contributed by atoms with Crippen LogP contribution in [0.5, 0.6) is 5.88 Å². The van der Waals surface area contributed by atoms with Gasteiger partial charge in [0, 0.05) is 17.8 Å². The summed E-state index contributed by atoms with van der Waals surface area (Å²) in [6.07, 6.45) is 3.15. The topological polar surface area (TPSA) is 48.4 Å². The van der Waals surface area contributed by atoms with Crippen LogP contribution < -0.4 is 4.74 Å². The van der Waals surface area contributed by atoms with Gasteiger partial charge in [-0.25, -0.2) is 9.78 Å². The lowest BCUT2D eigenvalue weighted by Crippen LogP contribution is -2.15. The van der Waals surface area contributed by atoms with E-state index in [2.05, 4.69) is 30.5 Å². The van der Waals surface area contributed by atoms with Crippen molar-refractivity contribution in [1.82, 2.24) is 4.98 Å². The molecule has 4 nitrogen and oxygen atoms in total. The molecule has 0 aliphatic rings. The van der Waals surface area contributed by atoms with Crippen molar-refractivity contribution in [2.75, 3.05) is 14.2 Å². The average Bonchev–Trinajstić information content (AvgIpc) is 2.34. The van der Waals surface area contributed by atoms with Crippen molar-refractivity contribution in [2.45, 2.75) is 33.1 Å². The van der Waals surface area contributed by atoms with E-state index < -0.39 is 0 Å². The highest BCUT2D eigenvalue weighted by Gasteiger charge is 2.20. The fraction of sp³-hybridized carbons (Fsp3) is 0.467. The van der Waals surface area contributed by atoms with Crippen LogP contribution in [-0.4, -0.2) is 25.2 Å². The monoisotopic (exact) mass is 263 g/mol. The Morgan fingerprint density at radius 1 is 1.32 bits per heavy atom. The molecule has 0 atom stereocenters. The predicted molar refractivity (Wildman–Crippen MR) is 75.3 cm³/mol. The Hall–Kier alpha value is -1.84. The van der Waals surface area contributed by atoms with Crippen LogP contribution >= 0.6 is 0 Å². The molecule has 0 bridgehead atoms. The van der Waals surface area contributed by atoms with E-state index in [1.165, 1.54) is 13.2 Å². The largest absolute Gasteiger partial charge is 0.481 e. The average molecular weight is 263 g/mol. The van der Waals surface area contributed by atoms with E-state index in [4.69, 9.17) is 4.74 Å². The third-order valence-electron chi connectivity index (χ3n) is 2.83. The third kappa shape index (κ3) is 3.81. The van der Waals surface area contributed by atoms with E-state index in [-0.39, 0.29) is 11.4 Å². The van der Waals surface area contributed by atoms with Crippen LogP contribution in [0.25, 0.3) is 6.08 Å². The van der Waals surface area contributed by atoms with Crippen LogP contribution in [0.3, 0.4) is 0 Å². The molecule has 0 unspecified atom stereocenters. The zero-order valence-corrected chi connectivity index (χ0v) is 12.4. The van der Waals surface area contributed by atoms with Gasteiger partial charge in [0.05, 0.1) is 14.2 Å². The third-order valence-corrected chi connectivity index (χ3v) is 2.83. The lowest BCUT2D eigenvalue weighted by molar-refractivity contribution is -0.134. The molecule has 1 aromatic heterocycles. The number of aryl methyl sites for hydroxylation is 1. The van der Waals surface area contributed by atoms with Gasteiger partial charge >= 0.3 is 5.97 Å². The van der Waals surface area contributed by atoms with E-state index in [9.17, 15) is 4.79 Å². The summed E-state index contributed by atoms with van der Waals surface area (Å²) in [7, 11) is 2.95. The Kier molecular flexibility index (Phi) is 4.70. The van der Waals surface area contributed by atoms with E-state index in [0.717, 1.165) is 16.8 Å². The van der Waals surface area contributed by atoms with Crippen LogP contribution in [-0.2, 0) is 14.9 Å². The fourth-order valence-corrected chi connectivity index (χ4v) is 1.81. The van der Waals surface area contributed by atoms with Crippen molar-refractivity contribution >= 4 is 12.0 Å². The minimum absolute atomic E-state index is 0.0726. The molecule has 0 aliphatic carbocycles. The van der Waals surface area contributed by atoms with Crippen molar-refractivity contribution in [3.05, 3.63) is 29.0 Å². The number of pyridine rings is 1. The second-order valence-electron chi connectivity index (χ2n) is 5.32. The summed E-state index contributed by atoms with van der Waals surface area (Å²) in [6, 6.07) is 1.91. The van der Waals surface area contributed by atoms with E-state index >= 15 is 0 Å². The molecule has 4 heteroatoms. The summed E-state index contributed by atoms with van der Waals surface area (Å²) in [6.45, 7) is 8.22. The van der Waals surface area contributed by atoms with Crippen LogP contribution in [0.15, 0.2) is 12.1 Å². The lowest BCUT2D eigenvalue weighted by atomic mass is 9.83. The Morgan fingerprint density at radius 2 is 1.95 bits per heavy atom. The first-order valence-corrected chi connectivity index (χ1v) is 6.11. The summed E-state index contributed by atoms with van der Waals surface area (Å²) in [5.74, 6) is 0.202. The molecule has 0 spiro atoms. The predicted octanol–water partition coefficient (Wildman–Crippen LogP) is 2.88. The maximum Gasteiger partial charge on any atom is 0.330 e. The van der Waals surface area contributed by atoms with E-state index in [0.29, 0.717) is 5.88 Å². The van der Waals surface area contributed by atoms with Crippen LogP contribution in [0, 0.1) is 6.92 Å². The van der Waals surface area contributed by atoms with Gasteiger partial charge in [-0.05, 0) is 29.5 Å². The van der Waals surface area contributed by atoms with Gasteiger partial charge in [-0.2, -0.15) is 0 Å². The van der Waals surface area contributed by atoms with Gasteiger partial charge < -0.3 is 9.47 Å². The molecular weight excluding hydrogens is 242 g/mol. The zero-order chi connectivity index (χ0) is 14.6. The summed E-state index contributed by atoms with van der Waals surface area (Å²) in [5, 5.41) is 0. The summed E-state index contributed by atoms with van der Waals surface area (Å²) >= 11 is 0. The molecule has 0 fully saturated rings. The van der Waals surface area contributed by atoms with Crippen LogP contribution in [0.4, 0.5) is 0 Å². The minimum Gasteiger partial charge on any atom is -0.481 e. The van der Waals surface area contributed by atoms with Gasteiger partial charge in [-0.15, -0.1) is 0 Å². The second-order valence-corrected chi connectivity index (χ2v) is 5.32. The molecule has 0 amide bonds. The number of carbonyl (C=O) groups is 1. The quantitative estimate of drug-likeness (QED) is 0.621. The highest BCUT2D eigenvalue weighted by Crippen LogP contribution is 2.31. The summed E-state index contributed by atoms with van der Waals surface area (Å²) in [5.41, 5.74) is 2.76. The minimum atomic E-state index is -0.380. The van der Waals surface area contributed by atoms with Crippen LogP contribution in [0.2, 0.25) is 0 Å². The SMILES string of the molecule is COC(=O)/C=C/c1c(C(C)(C)C)cc(OC)nc1C. The molecule has 0 saturated carbocycles. The number of rotatable bonds is 3. The lowest BCUT2D eigenvalue weighted by Gasteiger charge is -2.23. The van der Waals surface area contributed by atoms with E-state index in [1.54, 1.807) is 13.2 Å². The Balaban J connectivity index is 3.36. The van der Waals surface area contributed by atoms with Gasteiger partial charge in [0.2, 0.25) is 5.88 Å². The number of aromatic nitrogens is 1. The molecule has 19 heavy (non-hydrogen) atoms. The summed E-state index contributed by atoms with van der Waals surface area (Å²) in [4.78, 5) is 15.6. The van der Waals surface area contributed by atoms with Gasteiger partial charge in [0.1, 0.15) is 0 Å². The molecule has 0 saturated heterocycles. The van der Waals surface area contributed by atoms with E-state index in [1.807, 2.05) is 13.0 Å². The second kappa shape index (κ2) is 5.87. The molecule has 0 aliphatic heterocycles. The fourth-order valence-electron chi connectivity index (χ4n) is 1.81. The molecule has 1 aromatic rings. The van der Waals surface area contributed by atoms with Crippen LogP contribution in [0.1, 0.15) is 37.6 Å². The number of carbonyl (C=O) groups excluding carboxylic acids is 1. The summed E-state index contributed by atoms with van der Waals surface area (Å²) < 4.78 is 9.82. The van der Waals surface area contributed by atoms with Crippen molar-refractivity contribution in [3.8, 4) is 5.88 Å². The van der Waals surface area contributed by atoms with Gasteiger partial charge in [-0.1, -0.05) is 20.8 Å². The molecule has 0 aromatic carbocycles. The molecular formula is C15H21NO3. The number of hydrogen-bond donors (Lipinski definition) is 0. The van der Waals surface area contributed by atoms with Crippen molar-refractivity contribution in [3.63, 3.8) is 0 Å². The first kappa shape index (κ1) is 15.2. The molecule has 0 N–H and O–H groups in total. The first-order chi connectivity index (χ1) is 8.79. The standard InChI is InChI=1S/C15H21NO3/c1-10-11(7-8-14(17)19-6)12(15(2,3)4)9-13(16-10)18-5/h7-9H,1-6H3/b8-7+. The Labute approximate surface area is 114 Å².